The van der Waals surface area contributed by atoms with Crippen LogP contribution in [0.25, 0.3) is 0 Å². The highest BCUT2D eigenvalue weighted by Crippen LogP contribution is 2.64. The Labute approximate surface area is 178 Å². The van der Waals surface area contributed by atoms with Gasteiger partial charge in [-0.15, -0.1) is 0 Å². The molecule has 2 bridgehead atoms. The summed E-state index contributed by atoms with van der Waals surface area (Å²) >= 11 is 0. The Hall–Kier alpha value is -3.80. The molecule has 2 atom stereocenters. The number of nitrogens with zero attached hydrogens (tertiary/aromatic N) is 2. The number of hydrogen-bond donors (Lipinski definition) is 0. The van der Waals surface area contributed by atoms with Crippen molar-refractivity contribution in [3.05, 3.63) is 95.2 Å². The van der Waals surface area contributed by atoms with Crippen molar-refractivity contribution in [3.8, 4) is 0 Å². The first-order valence-corrected chi connectivity index (χ1v) is 10.2. The summed E-state index contributed by atoms with van der Waals surface area (Å²) in [5, 5.41) is 0. The highest BCUT2D eigenvalue weighted by molar-refractivity contribution is 6.23. The summed E-state index contributed by atoms with van der Waals surface area (Å²) in [4.78, 5) is 45.3. The minimum atomic E-state index is -1.35. The largest absolute Gasteiger partial charge is 0.448 e. The van der Waals surface area contributed by atoms with E-state index in [-0.39, 0.29) is 23.6 Å². The quantitative estimate of drug-likeness (QED) is 0.479. The van der Waals surface area contributed by atoms with Crippen molar-refractivity contribution in [1.29, 1.82) is 0 Å². The molecular weight excluding hydrogens is 392 g/mol. The van der Waals surface area contributed by atoms with Crippen LogP contribution in [-0.4, -0.2) is 22.8 Å². The number of aromatic nitrogens is 1. The number of carbonyl (C=O) groups excluding carboxylic acids is 3. The van der Waals surface area contributed by atoms with Crippen molar-refractivity contribution in [2.24, 2.45) is 11.8 Å². The Bertz CT molecular complexity index is 1220. The van der Waals surface area contributed by atoms with Crippen molar-refractivity contribution in [3.63, 3.8) is 0 Å². The maximum absolute atomic E-state index is 13.8. The van der Waals surface area contributed by atoms with E-state index in [1.807, 2.05) is 48.5 Å². The zero-order valence-electron chi connectivity index (χ0n) is 16.7. The van der Waals surface area contributed by atoms with E-state index in [1.54, 1.807) is 24.4 Å². The van der Waals surface area contributed by atoms with Gasteiger partial charge in [-0.2, -0.15) is 0 Å². The molecule has 1 aliphatic heterocycles. The number of amides is 2. The van der Waals surface area contributed by atoms with Crippen LogP contribution in [-0.2, 0) is 24.7 Å². The van der Waals surface area contributed by atoms with Gasteiger partial charge in [0, 0.05) is 30.2 Å². The van der Waals surface area contributed by atoms with Crippen molar-refractivity contribution in [2.75, 3.05) is 4.90 Å². The van der Waals surface area contributed by atoms with Gasteiger partial charge >= 0.3 is 5.97 Å². The number of hydrogen-bond acceptors (Lipinski definition) is 5. The summed E-state index contributed by atoms with van der Waals surface area (Å²) in [5.41, 5.74) is 2.05. The predicted octanol–water partition coefficient (Wildman–Crippen LogP) is 3.15. The van der Waals surface area contributed by atoms with E-state index in [4.69, 9.17) is 4.74 Å². The third-order valence-corrected chi connectivity index (χ3v) is 6.72. The second kappa shape index (κ2) is 6.11. The molecule has 3 aromatic rings. The average Bonchev–Trinajstić information content (AvgIpc) is 3.06. The number of anilines is 1. The van der Waals surface area contributed by atoms with Crippen molar-refractivity contribution >= 4 is 23.6 Å². The number of benzene rings is 2. The first kappa shape index (κ1) is 18.0. The molecule has 1 aromatic heterocycles. The maximum Gasteiger partial charge on any atom is 0.303 e. The SMILES string of the molecule is CC(=O)OC12c3ccccc3C(c3ccccc31)[C@H]1C(=O)N(c3ccccn3)C(=O)[C@H]12. The molecule has 0 unspecified atom stereocenters. The van der Waals surface area contributed by atoms with Gasteiger partial charge in [-0.25, -0.2) is 9.88 Å². The summed E-state index contributed by atoms with van der Waals surface area (Å²) < 4.78 is 6.08. The third kappa shape index (κ3) is 2.11. The van der Waals surface area contributed by atoms with Crippen LogP contribution in [0.3, 0.4) is 0 Å². The van der Waals surface area contributed by atoms with Gasteiger partial charge in [-0.3, -0.25) is 14.4 Å². The Kier molecular flexibility index (Phi) is 3.55. The van der Waals surface area contributed by atoms with Gasteiger partial charge in [0.15, 0.2) is 5.60 Å². The second-order valence-corrected chi connectivity index (χ2v) is 8.18. The van der Waals surface area contributed by atoms with E-state index in [0.717, 1.165) is 22.3 Å². The highest BCUT2D eigenvalue weighted by atomic mass is 16.6. The molecule has 152 valence electrons. The highest BCUT2D eigenvalue weighted by Gasteiger charge is 2.70. The van der Waals surface area contributed by atoms with E-state index in [0.29, 0.717) is 0 Å². The number of imide groups is 1. The molecule has 3 aliphatic carbocycles. The lowest BCUT2D eigenvalue weighted by Crippen LogP contribution is -2.55. The Morgan fingerprint density at radius 3 is 2.10 bits per heavy atom. The van der Waals surface area contributed by atoms with E-state index in [9.17, 15) is 14.4 Å². The summed E-state index contributed by atoms with van der Waals surface area (Å²) in [5.74, 6) is -2.71. The number of pyridine rings is 1. The molecule has 1 saturated heterocycles. The van der Waals surface area contributed by atoms with Gasteiger partial charge < -0.3 is 4.74 Å². The van der Waals surface area contributed by atoms with E-state index in [2.05, 4.69) is 4.98 Å². The molecule has 0 saturated carbocycles. The molecule has 2 heterocycles. The van der Waals surface area contributed by atoms with Crippen LogP contribution < -0.4 is 4.90 Å². The van der Waals surface area contributed by atoms with Crippen LogP contribution in [0, 0.1) is 11.8 Å². The van der Waals surface area contributed by atoms with E-state index >= 15 is 0 Å². The number of rotatable bonds is 2. The molecule has 7 rings (SSSR count). The van der Waals surface area contributed by atoms with Crippen LogP contribution >= 0.6 is 0 Å². The first-order chi connectivity index (χ1) is 15.1. The number of esters is 1. The number of ether oxygens (including phenoxy) is 1. The van der Waals surface area contributed by atoms with Crippen LogP contribution in [0.2, 0.25) is 0 Å². The fourth-order valence-electron chi connectivity index (χ4n) is 5.81. The molecule has 2 aromatic carbocycles. The lowest BCUT2D eigenvalue weighted by Gasteiger charge is -2.52. The number of carbonyl (C=O) groups is 3. The fraction of sp³-hybridized carbons (Fsp3) is 0.200. The van der Waals surface area contributed by atoms with Gasteiger partial charge in [0.2, 0.25) is 11.8 Å². The standard InChI is InChI=1S/C25H18N2O4/c1-14(28)31-25-17-10-4-2-8-15(17)20(16-9-3-5-11-18(16)25)21-22(25)24(30)27(23(21)29)19-12-6-7-13-26-19/h2-13,20-22H,1H3/t20?,21-,22+,25?/m1/s1. The second-order valence-electron chi connectivity index (χ2n) is 8.18. The Balaban J connectivity index is 1.68. The monoisotopic (exact) mass is 410 g/mol. The molecule has 0 radical (unpaired) electrons. The lowest BCUT2D eigenvalue weighted by atomic mass is 9.52. The molecule has 1 fully saturated rings. The maximum atomic E-state index is 13.8. The molecule has 4 aliphatic rings. The minimum Gasteiger partial charge on any atom is -0.448 e. The van der Waals surface area contributed by atoms with Crippen LogP contribution in [0.15, 0.2) is 72.9 Å². The molecule has 0 spiro atoms. The van der Waals surface area contributed by atoms with Crippen molar-refractivity contribution in [1.82, 2.24) is 4.98 Å². The molecule has 31 heavy (non-hydrogen) atoms. The first-order valence-electron chi connectivity index (χ1n) is 10.2. The summed E-state index contributed by atoms with van der Waals surface area (Å²) in [7, 11) is 0. The van der Waals surface area contributed by atoms with Crippen LogP contribution in [0.1, 0.15) is 35.1 Å². The molecular formula is C25H18N2O4. The zero-order chi connectivity index (χ0) is 21.3. The molecule has 6 heteroatoms. The molecule has 0 N–H and O–H groups in total. The normalized spacial score (nSPS) is 27.5. The zero-order valence-corrected chi connectivity index (χ0v) is 16.7. The topological polar surface area (TPSA) is 76.6 Å². The van der Waals surface area contributed by atoms with E-state index in [1.165, 1.54) is 11.8 Å². The third-order valence-electron chi connectivity index (χ3n) is 6.72. The van der Waals surface area contributed by atoms with E-state index < -0.39 is 23.4 Å². The van der Waals surface area contributed by atoms with Gasteiger partial charge in [0.1, 0.15) is 5.82 Å². The average molecular weight is 410 g/mol. The predicted molar refractivity (Wildman–Crippen MR) is 111 cm³/mol. The summed E-state index contributed by atoms with van der Waals surface area (Å²) in [6.45, 7) is 1.34. The minimum absolute atomic E-state index is 0.289. The van der Waals surface area contributed by atoms with Crippen LogP contribution in [0.5, 0.6) is 0 Å². The summed E-state index contributed by atoms with van der Waals surface area (Å²) in [6, 6.07) is 20.4. The molecule has 2 amide bonds. The van der Waals surface area contributed by atoms with Gasteiger partial charge in [-0.05, 0) is 23.3 Å². The Morgan fingerprint density at radius 2 is 1.52 bits per heavy atom. The van der Waals surface area contributed by atoms with Crippen molar-refractivity contribution < 1.29 is 19.1 Å². The van der Waals surface area contributed by atoms with Gasteiger partial charge in [-0.1, -0.05) is 54.6 Å². The smallest absolute Gasteiger partial charge is 0.303 e. The van der Waals surface area contributed by atoms with Gasteiger partial charge in [0.25, 0.3) is 0 Å². The van der Waals surface area contributed by atoms with Crippen molar-refractivity contribution in [2.45, 2.75) is 18.4 Å². The lowest BCUT2D eigenvalue weighted by molar-refractivity contribution is -0.167. The van der Waals surface area contributed by atoms with Gasteiger partial charge in [0.05, 0.1) is 11.8 Å². The Morgan fingerprint density at radius 1 is 0.903 bits per heavy atom. The fourth-order valence-corrected chi connectivity index (χ4v) is 5.81. The van der Waals surface area contributed by atoms with Crippen LogP contribution in [0.4, 0.5) is 5.82 Å². The molecule has 6 nitrogen and oxygen atoms in total. The summed E-state index contributed by atoms with van der Waals surface area (Å²) in [6.07, 6.45) is 1.55.